The van der Waals surface area contributed by atoms with Gasteiger partial charge in [0.15, 0.2) is 0 Å². The van der Waals surface area contributed by atoms with Crippen molar-refractivity contribution in [1.29, 1.82) is 0 Å². The molecule has 0 radical (unpaired) electrons. The third-order valence-corrected chi connectivity index (χ3v) is 3.62. The van der Waals surface area contributed by atoms with Crippen molar-refractivity contribution >= 4 is 21.7 Å². The molecule has 19 heavy (non-hydrogen) atoms. The normalized spacial score (nSPS) is 10.5. The highest BCUT2D eigenvalue weighted by Crippen LogP contribution is 2.15. The fourth-order valence-corrected chi connectivity index (χ4v) is 2.25. The first-order chi connectivity index (χ1) is 9.22. The first kappa shape index (κ1) is 14.0. The van der Waals surface area contributed by atoms with Crippen molar-refractivity contribution in [3.63, 3.8) is 0 Å². The van der Waals surface area contributed by atoms with Crippen LogP contribution in [0.1, 0.15) is 23.9 Å². The summed E-state index contributed by atoms with van der Waals surface area (Å²) in [6.45, 7) is 5.85. The van der Waals surface area contributed by atoms with Crippen LogP contribution in [0.4, 0.5) is 5.82 Å². The molecule has 3 nitrogen and oxygen atoms in total. The lowest BCUT2D eigenvalue weighted by Gasteiger charge is -2.21. The van der Waals surface area contributed by atoms with E-state index in [1.165, 1.54) is 5.56 Å². The second kappa shape index (κ2) is 6.66. The Balaban J connectivity index is 2.15. The number of hydrogen-bond acceptors (Lipinski definition) is 3. The summed E-state index contributed by atoms with van der Waals surface area (Å²) >= 11 is 3.43. The quantitative estimate of drug-likeness (QED) is 0.787. The number of rotatable bonds is 5. The number of aromatic nitrogens is 2. The molecule has 0 aliphatic rings. The van der Waals surface area contributed by atoms with Crippen LogP contribution in [-0.4, -0.2) is 16.5 Å². The second-order valence-electron chi connectivity index (χ2n) is 4.44. The molecule has 0 spiro atoms. The number of pyridine rings is 2. The summed E-state index contributed by atoms with van der Waals surface area (Å²) in [4.78, 5) is 11.3. The van der Waals surface area contributed by atoms with Gasteiger partial charge in [0.05, 0.1) is 12.2 Å². The Bertz CT molecular complexity index is 525. The van der Waals surface area contributed by atoms with E-state index in [1.54, 1.807) is 0 Å². The van der Waals surface area contributed by atoms with Gasteiger partial charge in [0.25, 0.3) is 0 Å². The van der Waals surface area contributed by atoms with Gasteiger partial charge in [-0.15, -0.1) is 0 Å². The topological polar surface area (TPSA) is 29.0 Å². The molecule has 0 unspecified atom stereocenters. The fourth-order valence-electron chi connectivity index (χ4n) is 1.92. The molecule has 0 N–H and O–H groups in total. The van der Waals surface area contributed by atoms with Crippen LogP contribution in [-0.2, 0) is 11.9 Å². The van der Waals surface area contributed by atoms with Gasteiger partial charge >= 0.3 is 0 Å². The highest BCUT2D eigenvalue weighted by Gasteiger charge is 2.07. The van der Waals surface area contributed by atoms with E-state index in [-0.39, 0.29) is 0 Å². The number of anilines is 1. The first-order valence-electron chi connectivity index (χ1n) is 6.41. The molecule has 2 aromatic heterocycles. The van der Waals surface area contributed by atoms with Crippen LogP contribution in [0.25, 0.3) is 0 Å². The molecule has 100 valence electrons. The molecule has 0 atom stereocenters. The predicted octanol–water partition coefficient (Wildman–Crippen LogP) is 3.71. The van der Waals surface area contributed by atoms with Gasteiger partial charge in [0.2, 0.25) is 0 Å². The van der Waals surface area contributed by atoms with E-state index in [4.69, 9.17) is 0 Å². The maximum Gasteiger partial charge on any atom is 0.128 e. The van der Waals surface area contributed by atoms with Crippen molar-refractivity contribution in [1.82, 2.24) is 9.97 Å². The molecule has 0 aliphatic heterocycles. The Morgan fingerprint density at radius 1 is 1.21 bits per heavy atom. The summed E-state index contributed by atoms with van der Waals surface area (Å²) in [5, 5.41) is 0.839. The lowest BCUT2D eigenvalue weighted by molar-refractivity contribution is 0.790. The maximum absolute atomic E-state index is 4.54. The van der Waals surface area contributed by atoms with E-state index in [2.05, 4.69) is 55.9 Å². The largest absolute Gasteiger partial charge is 0.351 e. The van der Waals surface area contributed by atoms with Crippen LogP contribution >= 0.6 is 15.9 Å². The highest BCUT2D eigenvalue weighted by atomic mass is 79.9. The monoisotopic (exact) mass is 319 g/mol. The lowest BCUT2D eigenvalue weighted by atomic mass is 10.2. The summed E-state index contributed by atoms with van der Waals surface area (Å²) in [6.07, 6.45) is 1.91. The zero-order chi connectivity index (χ0) is 13.7. The standard InChI is InChI=1S/C15H18BrN3/c1-3-19(11-14-6-4-5-12(2)18-14)15-8-7-13(9-16)10-17-15/h4-8,10H,3,9,11H2,1-2H3. The number of halogens is 1. The van der Waals surface area contributed by atoms with Crippen molar-refractivity contribution in [2.75, 3.05) is 11.4 Å². The molecule has 2 aromatic rings. The fraction of sp³-hybridized carbons (Fsp3) is 0.333. The number of alkyl halides is 1. The molecule has 2 heterocycles. The van der Waals surface area contributed by atoms with Crippen LogP contribution < -0.4 is 4.90 Å². The highest BCUT2D eigenvalue weighted by molar-refractivity contribution is 9.08. The van der Waals surface area contributed by atoms with E-state index >= 15 is 0 Å². The summed E-state index contributed by atoms with van der Waals surface area (Å²) < 4.78 is 0. The van der Waals surface area contributed by atoms with Gasteiger partial charge in [0, 0.05) is 23.8 Å². The van der Waals surface area contributed by atoms with E-state index in [1.807, 2.05) is 25.3 Å². The van der Waals surface area contributed by atoms with Crippen molar-refractivity contribution in [2.45, 2.75) is 25.7 Å². The molecule has 4 heteroatoms. The average Bonchev–Trinajstić information content (AvgIpc) is 2.45. The SMILES string of the molecule is CCN(Cc1cccc(C)n1)c1ccc(CBr)cn1. The molecule has 0 saturated heterocycles. The zero-order valence-electron chi connectivity index (χ0n) is 11.3. The van der Waals surface area contributed by atoms with Gasteiger partial charge in [-0.1, -0.05) is 28.1 Å². The van der Waals surface area contributed by atoms with Crippen LogP contribution in [0.5, 0.6) is 0 Å². The third kappa shape index (κ3) is 3.77. The molecule has 0 saturated carbocycles. The minimum Gasteiger partial charge on any atom is -0.351 e. The summed E-state index contributed by atoms with van der Waals surface area (Å²) in [6, 6.07) is 10.3. The Morgan fingerprint density at radius 2 is 2.05 bits per heavy atom. The average molecular weight is 320 g/mol. The van der Waals surface area contributed by atoms with Crippen molar-refractivity contribution < 1.29 is 0 Å². The summed E-state index contributed by atoms with van der Waals surface area (Å²) in [7, 11) is 0. The smallest absolute Gasteiger partial charge is 0.128 e. The number of hydrogen-bond donors (Lipinski definition) is 0. The minimum atomic E-state index is 0.791. The van der Waals surface area contributed by atoms with Crippen LogP contribution in [0.2, 0.25) is 0 Å². The van der Waals surface area contributed by atoms with E-state index in [0.717, 1.165) is 35.6 Å². The van der Waals surface area contributed by atoms with Gasteiger partial charge in [0.1, 0.15) is 5.82 Å². The maximum atomic E-state index is 4.54. The zero-order valence-corrected chi connectivity index (χ0v) is 12.9. The van der Waals surface area contributed by atoms with Crippen LogP contribution in [0, 0.1) is 6.92 Å². The van der Waals surface area contributed by atoms with E-state index < -0.39 is 0 Å². The van der Waals surface area contributed by atoms with E-state index in [0.29, 0.717) is 0 Å². The summed E-state index contributed by atoms with van der Waals surface area (Å²) in [5.41, 5.74) is 3.32. The molecule has 0 amide bonds. The second-order valence-corrected chi connectivity index (χ2v) is 5.00. The molecule has 0 fully saturated rings. The minimum absolute atomic E-state index is 0.791. The van der Waals surface area contributed by atoms with Crippen molar-refractivity contribution in [3.8, 4) is 0 Å². The van der Waals surface area contributed by atoms with Crippen molar-refractivity contribution in [3.05, 3.63) is 53.5 Å². The van der Waals surface area contributed by atoms with E-state index in [9.17, 15) is 0 Å². The Morgan fingerprint density at radius 3 is 2.63 bits per heavy atom. The molecular weight excluding hydrogens is 302 g/mol. The van der Waals surface area contributed by atoms with Crippen LogP contribution in [0.3, 0.4) is 0 Å². The van der Waals surface area contributed by atoms with Gasteiger partial charge in [-0.3, -0.25) is 4.98 Å². The molecule has 0 aliphatic carbocycles. The van der Waals surface area contributed by atoms with Gasteiger partial charge < -0.3 is 4.90 Å². The predicted molar refractivity (Wildman–Crippen MR) is 82.6 cm³/mol. The molecule has 2 rings (SSSR count). The van der Waals surface area contributed by atoms with Crippen LogP contribution in [0.15, 0.2) is 36.5 Å². The first-order valence-corrected chi connectivity index (χ1v) is 7.53. The van der Waals surface area contributed by atoms with Gasteiger partial charge in [-0.05, 0) is 37.6 Å². The third-order valence-electron chi connectivity index (χ3n) is 2.97. The number of nitrogens with zero attached hydrogens (tertiary/aromatic N) is 3. The molecular formula is C15H18BrN3. The lowest BCUT2D eigenvalue weighted by Crippen LogP contribution is -2.23. The summed E-state index contributed by atoms with van der Waals surface area (Å²) in [5.74, 6) is 0.996. The molecule has 0 bridgehead atoms. The van der Waals surface area contributed by atoms with Crippen molar-refractivity contribution in [2.24, 2.45) is 0 Å². The Labute approximate surface area is 122 Å². The molecule has 0 aromatic carbocycles. The Kier molecular flexibility index (Phi) is 4.91. The van der Waals surface area contributed by atoms with Gasteiger partial charge in [-0.25, -0.2) is 4.98 Å². The number of aryl methyl sites for hydroxylation is 1. The van der Waals surface area contributed by atoms with Gasteiger partial charge in [-0.2, -0.15) is 0 Å². The Hall–Kier alpha value is -1.42.